The van der Waals surface area contributed by atoms with Crippen LogP contribution in [0.3, 0.4) is 0 Å². The van der Waals surface area contributed by atoms with E-state index in [2.05, 4.69) is 41.0 Å². The molecule has 3 rings (SSSR count). The van der Waals surface area contributed by atoms with Crippen LogP contribution in [-0.4, -0.2) is 33.5 Å². The average Bonchev–Trinajstić information content (AvgIpc) is 3.19. The first kappa shape index (κ1) is 15.5. The Morgan fingerprint density at radius 3 is 2.91 bits per heavy atom. The molecule has 0 saturated heterocycles. The maximum atomic E-state index is 11.8. The van der Waals surface area contributed by atoms with Crippen LogP contribution in [0.1, 0.15) is 39.2 Å². The minimum Gasteiger partial charge on any atom is -0.477 e. The lowest BCUT2D eigenvalue weighted by atomic mass is 9.99. The fourth-order valence-electron chi connectivity index (χ4n) is 2.13. The quantitative estimate of drug-likeness (QED) is 0.832. The van der Waals surface area contributed by atoms with Crippen molar-refractivity contribution in [3.8, 4) is 5.88 Å². The van der Waals surface area contributed by atoms with Gasteiger partial charge in [0.15, 0.2) is 0 Å². The van der Waals surface area contributed by atoms with Gasteiger partial charge in [0.25, 0.3) is 0 Å². The Kier molecular flexibility index (Phi) is 4.07. The van der Waals surface area contributed by atoms with E-state index >= 15 is 0 Å². The van der Waals surface area contributed by atoms with Crippen LogP contribution >= 0.6 is 0 Å². The zero-order valence-electron chi connectivity index (χ0n) is 13.7. The molecule has 6 heteroatoms. The normalized spacial score (nSPS) is 15.3. The molecular weight excluding hydrogens is 292 g/mol. The van der Waals surface area contributed by atoms with E-state index in [4.69, 9.17) is 4.74 Å². The minimum atomic E-state index is -0.0733. The van der Waals surface area contributed by atoms with Gasteiger partial charge in [0, 0.05) is 23.9 Å². The lowest BCUT2D eigenvalue weighted by molar-refractivity contribution is -0.116. The largest absolute Gasteiger partial charge is 0.477 e. The molecule has 0 spiro atoms. The third kappa shape index (κ3) is 4.09. The Hall–Kier alpha value is -2.37. The summed E-state index contributed by atoms with van der Waals surface area (Å²) in [5.74, 6) is 0.462. The van der Waals surface area contributed by atoms with E-state index in [1.54, 1.807) is 12.2 Å². The number of nitrogens with zero attached hydrogens (tertiary/aromatic N) is 2. The van der Waals surface area contributed by atoms with E-state index in [0.717, 1.165) is 23.8 Å². The summed E-state index contributed by atoms with van der Waals surface area (Å²) in [6.45, 7) is 6.86. The fraction of sp³-hybridized carbons (Fsp3) is 0.471. The summed E-state index contributed by atoms with van der Waals surface area (Å²) in [6.07, 6.45) is 8.75. The smallest absolute Gasteiger partial charge is 0.244 e. The molecule has 1 aliphatic rings. The highest BCUT2D eigenvalue weighted by atomic mass is 16.5. The molecule has 1 aliphatic carbocycles. The maximum absolute atomic E-state index is 11.8. The Labute approximate surface area is 135 Å². The highest BCUT2D eigenvalue weighted by molar-refractivity contribution is 5.97. The molecule has 2 heterocycles. The molecule has 23 heavy (non-hydrogen) atoms. The van der Waals surface area contributed by atoms with Gasteiger partial charge in [-0.25, -0.2) is 9.97 Å². The van der Waals surface area contributed by atoms with Gasteiger partial charge in [-0.15, -0.1) is 0 Å². The number of amides is 1. The molecule has 0 atom stereocenters. The van der Waals surface area contributed by atoms with Crippen molar-refractivity contribution in [1.82, 2.24) is 20.3 Å². The van der Waals surface area contributed by atoms with Gasteiger partial charge in [-0.3, -0.25) is 4.79 Å². The van der Waals surface area contributed by atoms with Crippen molar-refractivity contribution in [1.29, 1.82) is 0 Å². The number of aromatic nitrogens is 3. The zero-order valence-corrected chi connectivity index (χ0v) is 13.7. The molecule has 2 N–H and O–H groups in total. The summed E-state index contributed by atoms with van der Waals surface area (Å²) in [4.78, 5) is 23.3. The number of rotatable bonds is 5. The van der Waals surface area contributed by atoms with E-state index in [1.807, 2.05) is 6.20 Å². The molecule has 122 valence electrons. The average molecular weight is 314 g/mol. The maximum Gasteiger partial charge on any atom is 0.244 e. The van der Waals surface area contributed by atoms with Crippen molar-refractivity contribution < 1.29 is 9.53 Å². The Morgan fingerprint density at radius 2 is 2.22 bits per heavy atom. The molecule has 1 amide bonds. The Balaban J connectivity index is 1.82. The van der Waals surface area contributed by atoms with Gasteiger partial charge in [-0.05, 0) is 24.3 Å². The number of carbonyl (C=O) groups is 1. The SMILES string of the molecule is CC(C)(C)COc1ncnc2[nH]cc(C=CC(=O)NC3CC3)c12. The zero-order chi connectivity index (χ0) is 16.4. The summed E-state index contributed by atoms with van der Waals surface area (Å²) in [7, 11) is 0. The van der Waals surface area contributed by atoms with E-state index in [0.29, 0.717) is 24.2 Å². The van der Waals surface area contributed by atoms with Crippen molar-refractivity contribution in [2.75, 3.05) is 6.61 Å². The van der Waals surface area contributed by atoms with Crippen LogP contribution in [0.25, 0.3) is 17.1 Å². The van der Waals surface area contributed by atoms with Gasteiger partial charge in [0.05, 0.1) is 12.0 Å². The van der Waals surface area contributed by atoms with Gasteiger partial charge in [0.2, 0.25) is 11.8 Å². The molecule has 1 fully saturated rings. The summed E-state index contributed by atoms with van der Waals surface area (Å²) in [5.41, 5.74) is 1.58. The van der Waals surface area contributed by atoms with Crippen molar-refractivity contribution in [3.05, 3.63) is 24.2 Å². The van der Waals surface area contributed by atoms with Crippen LogP contribution in [0.4, 0.5) is 0 Å². The van der Waals surface area contributed by atoms with Crippen LogP contribution < -0.4 is 10.1 Å². The molecule has 0 aromatic carbocycles. The number of H-pyrrole nitrogens is 1. The number of ether oxygens (including phenoxy) is 1. The highest BCUT2D eigenvalue weighted by Gasteiger charge is 2.22. The number of fused-ring (bicyclic) bond motifs is 1. The number of aromatic amines is 1. The predicted octanol–water partition coefficient (Wildman–Crippen LogP) is 2.67. The lowest BCUT2D eigenvalue weighted by Crippen LogP contribution is -2.22. The van der Waals surface area contributed by atoms with Gasteiger partial charge in [-0.2, -0.15) is 0 Å². The van der Waals surface area contributed by atoms with E-state index in [1.165, 1.54) is 6.33 Å². The highest BCUT2D eigenvalue weighted by Crippen LogP contribution is 2.27. The molecule has 1 saturated carbocycles. The van der Waals surface area contributed by atoms with Crippen molar-refractivity contribution >= 4 is 23.0 Å². The Bertz CT molecular complexity index is 739. The van der Waals surface area contributed by atoms with E-state index < -0.39 is 0 Å². The number of hydrogen-bond donors (Lipinski definition) is 2. The molecule has 2 aromatic heterocycles. The molecule has 2 aromatic rings. The van der Waals surface area contributed by atoms with Crippen molar-refractivity contribution in [2.45, 2.75) is 39.7 Å². The topological polar surface area (TPSA) is 79.9 Å². The van der Waals surface area contributed by atoms with E-state index in [-0.39, 0.29) is 11.3 Å². The summed E-state index contributed by atoms with van der Waals surface area (Å²) >= 11 is 0. The van der Waals surface area contributed by atoms with Crippen molar-refractivity contribution in [2.24, 2.45) is 5.41 Å². The Morgan fingerprint density at radius 1 is 1.43 bits per heavy atom. The first-order valence-electron chi connectivity index (χ1n) is 7.86. The lowest BCUT2D eigenvalue weighted by Gasteiger charge is -2.18. The molecule has 6 nitrogen and oxygen atoms in total. The van der Waals surface area contributed by atoms with Gasteiger partial charge in [0.1, 0.15) is 12.0 Å². The van der Waals surface area contributed by atoms with Crippen LogP contribution in [0.2, 0.25) is 0 Å². The van der Waals surface area contributed by atoms with Gasteiger partial charge >= 0.3 is 0 Å². The third-order valence-corrected chi connectivity index (χ3v) is 3.45. The summed E-state index contributed by atoms with van der Waals surface area (Å²) in [5, 5.41) is 3.72. The second-order valence-electron chi connectivity index (χ2n) is 7.11. The standard InChI is InChI=1S/C17H22N4O2/c1-17(2,3)9-23-16-14-11(8-18-15(14)19-10-20-16)4-7-13(22)21-12-5-6-12/h4,7-8,10,12H,5-6,9H2,1-3H3,(H,21,22)(H,18,19,20). The van der Waals surface area contributed by atoms with Crippen LogP contribution in [-0.2, 0) is 4.79 Å². The molecule has 0 unspecified atom stereocenters. The second-order valence-corrected chi connectivity index (χ2v) is 7.11. The minimum absolute atomic E-state index is 0.0354. The molecule has 0 bridgehead atoms. The molecule has 0 aliphatic heterocycles. The number of hydrogen-bond acceptors (Lipinski definition) is 4. The van der Waals surface area contributed by atoms with Crippen LogP contribution in [0, 0.1) is 5.41 Å². The van der Waals surface area contributed by atoms with Crippen molar-refractivity contribution in [3.63, 3.8) is 0 Å². The van der Waals surface area contributed by atoms with Crippen LogP contribution in [0.5, 0.6) is 5.88 Å². The van der Waals surface area contributed by atoms with Crippen LogP contribution in [0.15, 0.2) is 18.6 Å². The summed E-state index contributed by atoms with van der Waals surface area (Å²) in [6, 6.07) is 0.351. The van der Waals surface area contributed by atoms with Gasteiger partial charge in [-0.1, -0.05) is 20.8 Å². The number of carbonyl (C=O) groups excluding carboxylic acids is 1. The summed E-state index contributed by atoms with van der Waals surface area (Å²) < 4.78 is 5.86. The first-order chi connectivity index (χ1) is 10.9. The monoisotopic (exact) mass is 314 g/mol. The molecular formula is C17H22N4O2. The van der Waals surface area contributed by atoms with E-state index in [9.17, 15) is 4.79 Å². The van der Waals surface area contributed by atoms with Gasteiger partial charge < -0.3 is 15.0 Å². The first-order valence-corrected chi connectivity index (χ1v) is 7.86. The third-order valence-electron chi connectivity index (χ3n) is 3.45. The fourth-order valence-corrected chi connectivity index (χ4v) is 2.13. The molecule has 0 radical (unpaired) electrons. The predicted molar refractivity (Wildman–Crippen MR) is 89.0 cm³/mol. The number of nitrogens with one attached hydrogen (secondary N) is 2. The second kappa shape index (κ2) is 6.02.